The van der Waals surface area contributed by atoms with Crippen molar-refractivity contribution in [2.75, 3.05) is 47.5 Å². The van der Waals surface area contributed by atoms with Gasteiger partial charge >= 0.3 is 11.9 Å². The molecule has 0 aromatic carbocycles. The van der Waals surface area contributed by atoms with Crippen molar-refractivity contribution in [2.45, 2.75) is 296 Å². The lowest BCUT2D eigenvalue weighted by atomic mass is 10.0. The van der Waals surface area contributed by atoms with Crippen molar-refractivity contribution < 1.29 is 42.9 Å². The van der Waals surface area contributed by atoms with Crippen LogP contribution in [0, 0.1) is 0 Å². The third-order valence-electron chi connectivity index (χ3n) is 14.7. The minimum Gasteiger partial charge on any atom is -0.545 e. The van der Waals surface area contributed by atoms with E-state index in [0.29, 0.717) is 17.4 Å². The zero-order valence-corrected chi connectivity index (χ0v) is 55.4. The van der Waals surface area contributed by atoms with Gasteiger partial charge in [0.15, 0.2) is 12.4 Å². The largest absolute Gasteiger partial charge is 0.545 e. The van der Waals surface area contributed by atoms with E-state index in [0.717, 1.165) is 103 Å². The molecule has 0 aliphatic heterocycles. The van der Waals surface area contributed by atoms with E-state index < -0.39 is 24.3 Å². The molecule has 85 heavy (non-hydrogen) atoms. The molecule has 0 aliphatic rings. The van der Waals surface area contributed by atoms with E-state index in [1.807, 2.05) is 21.1 Å². The fourth-order valence-electron chi connectivity index (χ4n) is 9.41. The van der Waals surface area contributed by atoms with Crippen LogP contribution in [0.5, 0.6) is 0 Å². The van der Waals surface area contributed by atoms with E-state index in [1.165, 1.54) is 148 Å². The molecule has 0 spiro atoms. The molecule has 0 saturated carbocycles. The second-order valence-corrected chi connectivity index (χ2v) is 24.1. The van der Waals surface area contributed by atoms with Crippen molar-refractivity contribution in [3.8, 4) is 0 Å². The number of esters is 2. The smallest absolute Gasteiger partial charge is 0.306 e. The number of likely N-dealkylation sites (N-methyl/N-ethyl adjacent to an activating group) is 1. The van der Waals surface area contributed by atoms with E-state index in [4.69, 9.17) is 18.9 Å². The van der Waals surface area contributed by atoms with Gasteiger partial charge in [0.05, 0.1) is 40.3 Å². The summed E-state index contributed by atoms with van der Waals surface area (Å²) in [5, 5.41) is 11.8. The Morgan fingerprint density at radius 1 is 0.365 bits per heavy atom. The van der Waals surface area contributed by atoms with Crippen LogP contribution in [0.3, 0.4) is 0 Å². The summed E-state index contributed by atoms with van der Waals surface area (Å²) in [5.74, 6) is -2.29. The summed E-state index contributed by atoms with van der Waals surface area (Å²) in [6.07, 6.45) is 89.8. The maximum absolute atomic E-state index is 12.9. The molecule has 0 aromatic heterocycles. The van der Waals surface area contributed by atoms with Crippen LogP contribution >= 0.6 is 0 Å². The summed E-state index contributed by atoms with van der Waals surface area (Å²) in [4.78, 5) is 37.5. The number of ether oxygens (including phenoxy) is 4. The molecule has 486 valence electrons. The predicted molar refractivity (Wildman–Crippen MR) is 361 cm³/mol. The van der Waals surface area contributed by atoms with Crippen molar-refractivity contribution in [3.63, 3.8) is 0 Å². The molecule has 0 rings (SSSR count). The highest BCUT2D eigenvalue weighted by molar-refractivity contribution is 5.70. The number of carboxylic acids is 1. The van der Waals surface area contributed by atoms with Gasteiger partial charge in [-0.3, -0.25) is 9.59 Å². The van der Waals surface area contributed by atoms with Gasteiger partial charge in [-0.2, -0.15) is 0 Å². The molecule has 0 bridgehead atoms. The Balaban J connectivity index is 4.14. The third kappa shape index (κ3) is 67.1. The molecule has 0 amide bonds. The van der Waals surface area contributed by atoms with Gasteiger partial charge in [0.2, 0.25) is 0 Å². The highest BCUT2D eigenvalue weighted by Gasteiger charge is 2.22. The standard InChI is InChI=1S/C76H129NO8/c1-6-8-10-12-14-16-18-20-22-24-26-28-29-30-31-32-33-34-35-36-37-38-39-40-41-42-43-44-45-47-49-51-53-55-57-59-61-63-65-67-74(79)85-72(71-84-76(75(80)81)82-69-68-77(3,4)5)70-83-73(78)66-64-62-60-58-56-54-52-50-48-46-27-25-23-21-19-17-15-13-11-9-7-2/h8,10,14,16,20,22,25-28,30-31,33-34,36-37,39-40,42-43,72,76H,6-7,9,11-13,15,17-19,21,23-24,29,32,35,38,41,44-71H2,1-5H3/b10-8-,16-14-,22-20-,27-25-,28-26-,31-30-,34-33-,37-36-,40-39-,43-42-. The van der Waals surface area contributed by atoms with Gasteiger partial charge in [0.1, 0.15) is 13.2 Å². The first-order chi connectivity index (χ1) is 41.6. The van der Waals surface area contributed by atoms with E-state index in [9.17, 15) is 19.5 Å². The number of nitrogens with zero attached hydrogens (tertiary/aromatic N) is 1. The molecule has 2 atom stereocenters. The number of carboxylic acid groups (broad SMARTS) is 1. The first-order valence-electron chi connectivity index (χ1n) is 34.7. The number of rotatable bonds is 63. The first kappa shape index (κ1) is 80.7. The van der Waals surface area contributed by atoms with Gasteiger partial charge in [0.25, 0.3) is 0 Å². The monoisotopic (exact) mass is 1180 g/mol. The van der Waals surface area contributed by atoms with Gasteiger partial charge in [-0.25, -0.2) is 0 Å². The van der Waals surface area contributed by atoms with Gasteiger partial charge in [-0.15, -0.1) is 0 Å². The van der Waals surface area contributed by atoms with E-state index in [2.05, 4.69) is 135 Å². The summed E-state index contributed by atoms with van der Waals surface area (Å²) in [7, 11) is 5.92. The fraction of sp³-hybridized carbons (Fsp3) is 0.697. The number of allylic oxidation sites excluding steroid dienone is 20. The highest BCUT2D eigenvalue weighted by Crippen LogP contribution is 2.16. The first-order valence-corrected chi connectivity index (χ1v) is 34.7. The van der Waals surface area contributed by atoms with Crippen LogP contribution in [0.25, 0.3) is 0 Å². The molecule has 0 radical (unpaired) electrons. The second kappa shape index (κ2) is 65.7. The van der Waals surface area contributed by atoms with E-state index >= 15 is 0 Å². The maximum Gasteiger partial charge on any atom is 0.306 e. The number of hydrogen-bond donors (Lipinski definition) is 0. The number of unbranched alkanes of at least 4 members (excludes halogenated alkanes) is 28. The van der Waals surface area contributed by atoms with Crippen molar-refractivity contribution in [2.24, 2.45) is 0 Å². The molecule has 0 N–H and O–H groups in total. The minimum atomic E-state index is -1.63. The maximum atomic E-state index is 12.9. The molecule has 9 nitrogen and oxygen atoms in total. The summed E-state index contributed by atoms with van der Waals surface area (Å²) in [6.45, 7) is 4.64. The fourth-order valence-corrected chi connectivity index (χ4v) is 9.41. The average molecular weight is 1180 g/mol. The number of hydrogen-bond acceptors (Lipinski definition) is 8. The number of carbonyl (C=O) groups is 3. The van der Waals surface area contributed by atoms with E-state index in [-0.39, 0.29) is 38.6 Å². The Morgan fingerprint density at radius 2 is 0.671 bits per heavy atom. The Labute approximate surface area is 523 Å². The Morgan fingerprint density at radius 3 is 1.01 bits per heavy atom. The molecule has 0 saturated heterocycles. The van der Waals surface area contributed by atoms with Crippen molar-refractivity contribution in [1.82, 2.24) is 0 Å². The van der Waals surface area contributed by atoms with E-state index in [1.54, 1.807) is 0 Å². The van der Waals surface area contributed by atoms with Crippen molar-refractivity contribution in [1.29, 1.82) is 0 Å². The van der Waals surface area contributed by atoms with Crippen LogP contribution in [-0.4, -0.2) is 82.3 Å². The SMILES string of the molecule is CC/C=C\C/C=C\C/C=C\C/C=C\C/C=C\C/C=C\C/C=C\C/C=C\C/C=C\CCCCCCCCCCCCCC(=O)OC(COC(=O)CCCCCCCCCCC/C=C\CCCCCCCCCC)COC(OCC[N+](C)(C)C)C(=O)[O-]. The third-order valence-corrected chi connectivity index (χ3v) is 14.7. The van der Waals surface area contributed by atoms with Crippen LogP contribution in [0.2, 0.25) is 0 Å². The molecular weight excluding hydrogens is 1050 g/mol. The summed E-state index contributed by atoms with van der Waals surface area (Å²) >= 11 is 0. The van der Waals surface area contributed by atoms with Crippen molar-refractivity contribution >= 4 is 17.9 Å². The van der Waals surface area contributed by atoms with Crippen LogP contribution in [0.4, 0.5) is 0 Å². The average Bonchev–Trinajstić information content (AvgIpc) is 3.49. The molecule has 2 unspecified atom stereocenters. The summed E-state index contributed by atoms with van der Waals surface area (Å²) < 4.78 is 22.8. The van der Waals surface area contributed by atoms with Gasteiger partial charge in [-0.05, 0) is 109 Å². The molecule has 0 fully saturated rings. The van der Waals surface area contributed by atoms with Crippen LogP contribution in [0.15, 0.2) is 122 Å². The lowest BCUT2D eigenvalue weighted by molar-refractivity contribution is -0.870. The summed E-state index contributed by atoms with van der Waals surface area (Å²) in [6, 6.07) is 0. The quantitative estimate of drug-likeness (QED) is 0.0195. The van der Waals surface area contributed by atoms with Crippen LogP contribution in [-0.2, 0) is 33.3 Å². The zero-order chi connectivity index (χ0) is 61.9. The molecule has 0 aromatic rings. The second-order valence-electron chi connectivity index (χ2n) is 24.1. The Kier molecular flexibility index (Phi) is 62.3. The molecule has 0 heterocycles. The number of aliphatic carboxylic acids is 1. The van der Waals surface area contributed by atoms with Gasteiger partial charge in [0, 0.05) is 12.8 Å². The lowest BCUT2D eigenvalue weighted by Gasteiger charge is -2.26. The number of quaternary nitrogens is 1. The Hall–Kier alpha value is -4.31. The van der Waals surface area contributed by atoms with Crippen molar-refractivity contribution in [3.05, 3.63) is 122 Å². The lowest BCUT2D eigenvalue weighted by Crippen LogP contribution is -2.44. The zero-order valence-electron chi connectivity index (χ0n) is 55.4. The van der Waals surface area contributed by atoms with Crippen LogP contribution < -0.4 is 5.11 Å². The summed E-state index contributed by atoms with van der Waals surface area (Å²) in [5.41, 5.74) is 0. The van der Waals surface area contributed by atoms with Gasteiger partial charge in [-0.1, -0.05) is 283 Å². The number of carbonyl (C=O) groups excluding carboxylic acids is 3. The van der Waals surface area contributed by atoms with Gasteiger partial charge < -0.3 is 33.3 Å². The molecule has 9 heteroatoms. The normalized spacial score (nSPS) is 13.5. The molecule has 0 aliphatic carbocycles. The Bertz CT molecular complexity index is 1810. The topological polar surface area (TPSA) is 111 Å². The highest BCUT2D eigenvalue weighted by atomic mass is 16.7. The predicted octanol–water partition coefficient (Wildman–Crippen LogP) is 20.2. The molecular formula is C76H129NO8. The van der Waals surface area contributed by atoms with Crippen LogP contribution in [0.1, 0.15) is 284 Å². The minimum absolute atomic E-state index is 0.143.